The topological polar surface area (TPSA) is 86.8 Å². The molecular formula is C23H28Cl2FN3O4S. The molecule has 11 heteroatoms. The van der Waals surface area contributed by atoms with E-state index in [9.17, 15) is 22.4 Å². The van der Waals surface area contributed by atoms with Crippen molar-refractivity contribution in [2.24, 2.45) is 0 Å². The van der Waals surface area contributed by atoms with Crippen LogP contribution in [0.2, 0.25) is 10.0 Å². The average molecular weight is 532 g/mol. The minimum Gasteiger partial charge on any atom is -0.350 e. The Morgan fingerprint density at radius 3 is 2.26 bits per heavy atom. The van der Waals surface area contributed by atoms with E-state index in [4.69, 9.17) is 23.2 Å². The van der Waals surface area contributed by atoms with E-state index in [0.717, 1.165) is 12.3 Å². The molecule has 2 rings (SSSR count). The summed E-state index contributed by atoms with van der Waals surface area (Å²) in [6.45, 7) is 6.10. The Morgan fingerprint density at radius 2 is 1.74 bits per heavy atom. The monoisotopic (exact) mass is 531 g/mol. The minimum atomic E-state index is -4.03. The minimum absolute atomic E-state index is 0.0948. The molecule has 0 fully saturated rings. The number of para-hydroxylation sites is 1. The molecule has 0 saturated heterocycles. The van der Waals surface area contributed by atoms with Crippen LogP contribution >= 0.6 is 23.2 Å². The van der Waals surface area contributed by atoms with Crippen LogP contribution in [0.25, 0.3) is 0 Å². The average Bonchev–Trinajstić information content (AvgIpc) is 2.69. The fourth-order valence-electron chi connectivity index (χ4n) is 3.14. The molecule has 0 spiro atoms. The van der Waals surface area contributed by atoms with Gasteiger partial charge in [-0.1, -0.05) is 41.4 Å². The molecule has 0 aliphatic rings. The molecule has 0 heterocycles. The Kier molecular flexibility index (Phi) is 8.96. The first-order valence-corrected chi connectivity index (χ1v) is 13.0. The van der Waals surface area contributed by atoms with E-state index in [0.29, 0.717) is 14.9 Å². The summed E-state index contributed by atoms with van der Waals surface area (Å²) in [5.74, 6) is -1.95. The molecule has 0 radical (unpaired) electrons. The Balaban J connectivity index is 2.46. The predicted octanol–water partition coefficient (Wildman–Crippen LogP) is 4.23. The van der Waals surface area contributed by atoms with Crippen LogP contribution in [-0.4, -0.2) is 49.5 Å². The number of carbonyl (C=O) groups is 2. The number of halogens is 3. The number of amides is 2. The molecule has 0 bridgehead atoms. The van der Waals surface area contributed by atoms with Crippen LogP contribution in [0.4, 0.5) is 10.1 Å². The molecule has 2 amide bonds. The van der Waals surface area contributed by atoms with Gasteiger partial charge in [0.2, 0.25) is 21.8 Å². The Morgan fingerprint density at radius 1 is 1.12 bits per heavy atom. The molecule has 34 heavy (non-hydrogen) atoms. The second kappa shape index (κ2) is 10.9. The fraction of sp³-hybridized carbons (Fsp3) is 0.391. The number of sulfonamides is 1. The summed E-state index contributed by atoms with van der Waals surface area (Å²) in [6.07, 6.45) is 0.878. The number of hydrogen-bond acceptors (Lipinski definition) is 4. The number of nitrogens with zero attached hydrogens (tertiary/aromatic N) is 2. The van der Waals surface area contributed by atoms with Crippen molar-refractivity contribution in [2.45, 2.75) is 45.8 Å². The number of benzene rings is 2. The number of carbonyl (C=O) groups excluding carboxylic acids is 2. The third kappa shape index (κ3) is 7.58. The van der Waals surface area contributed by atoms with E-state index >= 15 is 0 Å². The lowest BCUT2D eigenvalue weighted by Gasteiger charge is -2.33. The van der Waals surface area contributed by atoms with Crippen LogP contribution in [0.5, 0.6) is 0 Å². The van der Waals surface area contributed by atoms with Gasteiger partial charge in [0.25, 0.3) is 0 Å². The summed E-state index contributed by atoms with van der Waals surface area (Å²) in [5.41, 5.74) is -0.328. The van der Waals surface area contributed by atoms with Crippen molar-refractivity contribution < 1.29 is 22.4 Å². The van der Waals surface area contributed by atoms with Crippen molar-refractivity contribution in [3.05, 3.63) is 63.9 Å². The molecule has 186 valence electrons. The van der Waals surface area contributed by atoms with E-state index in [1.165, 1.54) is 36.1 Å². The number of anilines is 1. The predicted molar refractivity (Wildman–Crippen MR) is 133 cm³/mol. The van der Waals surface area contributed by atoms with Gasteiger partial charge in [0, 0.05) is 22.1 Å². The lowest BCUT2D eigenvalue weighted by Crippen LogP contribution is -2.54. The van der Waals surface area contributed by atoms with Gasteiger partial charge in [0.1, 0.15) is 18.4 Å². The Bertz CT molecular complexity index is 1170. The Labute approximate surface area is 209 Å². The normalized spacial score (nSPS) is 12.7. The smallest absolute Gasteiger partial charge is 0.244 e. The number of nitrogens with one attached hydrogen (secondary N) is 1. The van der Waals surface area contributed by atoms with Crippen LogP contribution in [0.3, 0.4) is 0 Å². The zero-order valence-corrected chi connectivity index (χ0v) is 21.9. The Hall–Kier alpha value is -2.36. The maximum atomic E-state index is 14.4. The highest BCUT2D eigenvalue weighted by atomic mass is 35.5. The summed E-state index contributed by atoms with van der Waals surface area (Å²) in [5, 5.41) is 3.49. The zero-order valence-electron chi connectivity index (χ0n) is 19.6. The number of rotatable bonds is 8. The van der Waals surface area contributed by atoms with E-state index in [-0.39, 0.29) is 17.3 Å². The van der Waals surface area contributed by atoms with Gasteiger partial charge < -0.3 is 10.2 Å². The largest absolute Gasteiger partial charge is 0.350 e. The van der Waals surface area contributed by atoms with Gasteiger partial charge in [-0.3, -0.25) is 13.9 Å². The van der Waals surface area contributed by atoms with Gasteiger partial charge in [-0.2, -0.15) is 0 Å². The molecular weight excluding hydrogens is 504 g/mol. The third-order valence-electron chi connectivity index (χ3n) is 4.82. The number of hydrogen-bond donors (Lipinski definition) is 1. The molecule has 1 N–H and O–H groups in total. The fourth-order valence-corrected chi connectivity index (χ4v) is 4.46. The van der Waals surface area contributed by atoms with Crippen molar-refractivity contribution in [2.75, 3.05) is 17.1 Å². The van der Waals surface area contributed by atoms with Gasteiger partial charge in [-0.15, -0.1) is 0 Å². The lowest BCUT2D eigenvalue weighted by atomic mass is 10.1. The van der Waals surface area contributed by atoms with Gasteiger partial charge >= 0.3 is 0 Å². The molecule has 0 saturated carbocycles. The second-order valence-electron chi connectivity index (χ2n) is 8.89. The van der Waals surface area contributed by atoms with Crippen LogP contribution in [0, 0.1) is 5.82 Å². The van der Waals surface area contributed by atoms with Crippen molar-refractivity contribution >= 4 is 50.7 Å². The highest BCUT2D eigenvalue weighted by Crippen LogP contribution is 2.25. The van der Waals surface area contributed by atoms with E-state index in [1.54, 1.807) is 32.9 Å². The maximum absolute atomic E-state index is 14.4. The third-order valence-corrected chi connectivity index (χ3v) is 6.54. The molecule has 0 aromatic heterocycles. The first-order valence-electron chi connectivity index (χ1n) is 10.4. The standard InChI is InChI=1S/C23H28Cl2FN3O4S/c1-15(22(31)27-23(2,3)4)28(13-16-10-11-17(24)12-18(16)25)21(30)14-29(34(5,32)33)20-9-7-6-8-19(20)26/h6-12,15H,13-14H2,1-5H3,(H,27,31). The SMILES string of the molecule is CC(C(=O)NC(C)(C)C)N(Cc1ccc(Cl)cc1Cl)C(=O)CN(c1ccccc1F)S(C)(=O)=O. The van der Waals surface area contributed by atoms with E-state index in [1.807, 2.05) is 0 Å². The zero-order chi connectivity index (χ0) is 25.8. The molecule has 1 unspecified atom stereocenters. The summed E-state index contributed by atoms with van der Waals surface area (Å²) in [7, 11) is -4.03. The molecule has 2 aromatic rings. The first kappa shape index (κ1) is 27.9. The first-order chi connectivity index (χ1) is 15.6. The maximum Gasteiger partial charge on any atom is 0.244 e. The highest BCUT2D eigenvalue weighted by molar-refractivity contribution is 7.92. The van der Waals surface area contributed by atoms with E-state index in [2.05, 4.69) is 5.32 Å². The second-order valence-corrected chi connectivity index (χ2v) is 11.6. The van der Waals surface area contributed by atoms with Gasteiger partial charge in [0.05, 0.1) is 11.9 Å². The highest BCUT2D eigenvalue weighted by Gasteiger charge is 2.32. The van der Waals surface area contributed by atoms with Crippen molar-refractivity contribution in [1.82, 2.24) is 10.2 Å². The van der Waals surface area contributed by atoms with Crippen molar-refractivity contribution in [3.63, 3.8) is 0 Å². The summed E-state index contributed by atoms with van der Waals surface area (Å²) < 4.78 is 40.0. The molecule has 1 atom stereocenters. The lowest BCUT2D eigenvalue weighted by molar-refractivity contribution is -0.140. The van der Waals surface area contributed by atoms with Crippen molar-refractivity contribution in [3.8, 4) is 0 Å². The molecule has 0 aliphatic carbocycles. The molecule has 7 nitrogen and oxygen atoms in total. The quantitative estimate of drug-likeness (QED) is 0.552. The van der Waals surface area contributed by atoms with E-state index < -0.39 is 45.8 Å². The summed E-state index contributed by atoms with van der Waals surface area (Å²) in [4.78, 5) is 27.5. The van der Waals surface area contributed by atoms with Crippen LogP contribution in [-0.2, 0) is 26.2 Å². The summed E-state index contributed by atoms with van der Waals surface area (Å²) >= 11 is 12.3. The van der Waals surface area contributed by atoms with Crippen LogP contribution < -0.4 is 9.62 Å². The van der Waals surface area contributed by atoms with Gasteiger partial charge in [-0.25, -0.2) is 12.8 Å². The van der Waals surface area contributed by atoms with Crippen LogP contribution in [0.15, 0.2) is 42.5 Å². The van der Waals surface area contributed by atoms with Gasteiger partial charge in [0.15, 0.2) is 0 Å². The van der Waals surface area contributed by atoms with Crippen LogP contribution in [0.1, 0.15) is 33.3 Å². The molecule has 2 aromatic carbocycles. The summed E-state index contributed by atoms with van der Waals surface area (Å²) in [6, 6.07) is 8.96. The van der Waals surface area contributed by atoms with Crippen molar-refractivity contribution in [1.29, 1.82) is 0 Å². The van der Waals surface area contributed by atoms with Gasteiger partial charge in [-0.05, 0) is 57.5 Å². The molecule has 0 aliphatic heterocycles.